The summed E-state index contributed by atoms with van der Waals surface area (Å²) >= 11 is 0. The molecule has 1 fully saturated rings. The van der Waals surface area contributed by atoms with Crippen LogP contribution in [0.4, 0.5) is 5.69 Å². The Bertz CT molecular complexity index is 833. The van der Waals surface area contributed by atoms with E-state index in [9.17, 15) is 4.79 Å². The molecule has 3 N–H and O–H groups in total. The van der Waals surface area contributed by atoms with Gasteiger partial charge in [0.1, 0.15) is 17.0 Å². The maximum absolute atomic E-state index is 12.8. The van der Waals surface area contributed by atoms with Crippen LogP contribution in [0, 0.1) is 12.3 Å². The Hall–Kier alpha value is -1.86. The van der Waals surface area contributed by atoms with Crippen LogP contribution in [0.1, 0.15) is 32.8 Å². The molecule has 6 nitrogen and oxygen atoms in total. The highest BCUT2D eigenvalue weighted by atomic mass is 35.5. The fourth-order valence-electron chi connectivity index (χ4n) is 3.44. The summed E-state index contributed by atoms with van der Waals surface area (Å²) in [6.07, 6.45) is 3.86. The molecular weight excluding hydrogens is 413 g/mol. The van der Waals surface area contributed by atoms with Gasteiger partial charge in [-0.05, 0) is 49.7 Å². The number of nitrogens with one attached hydrogen (secondary N) is 1. The third-order valence-electron chi connectivity index (χ3n) is 5.53. The number of nitrogens with zero attached hydrogens (tertiary/aromatic N) is 1. The Morgan fingerprint density at radius 2 is 2.03 bits per heavy atom. The van der Waals surface area contributed by atoms with Crippen LogP contribution in [0.15, 0.2) is 42.7 Å². The molecule has 1 amide bonds. The number of amides is 1. The molecule has 0 radical (unpaired) electrons. The van der Waals surface area contributed by atoms with Crippen LogP contribution in [0.3, 0.4) is 0 Å². The minimum atomic E-state index is -0.953. The molecule has 0 saturated heterocycles. The van der Waals surface area contributed by atoms with Crippen LogP contribution in [-0.2, 0) is 9.53 Å². The van der Waals surface area contributed by atoms with Gasteiger partial charge in [-0.2, -0.15) is 0 Å². The van der Waals surface area contributed by atoms with E-state index in [1.54, 1.807) is 12.4 Å². The minimum absolute atomic E-state index is 0. The number of carbonyl (C=O) groups excluding carboxylic acids is 1. The summed E-state index contributed by atoms with van der Waals surface area (Å²) in [7, 11) is 0. The van der Waals surface area contributed by atoms with Crippen molar-refractivity contribution in [2.75, 3.05) is 11.9 Å². The highest BCUT2D eigenvalue weighted by Crippen LogP contribution is 2.50. The molecule has 1 saturated carbocycles. The lowest BCUT2D eigenvalue weighted by Gasteiger charge is -2.57. The third kappa shape index (κ3) is 4.83. The molecule has 160 valence electrons. The van der Waals surface area contributed by atoms with Gasteiger partial charge < -0.3 is 20.5 Å². The highest BCUT2D eigenvalue weighted by molar-refractivity contribution is 5.99. The van der Waals surface area contributed by atoms with Gasteiger partial charge in [-0.25, -0.2) is 0 Å². The number of carbonyl (C=O) groups is 1. The zero-order valence-electron chi connectivity index (χ0n) is 17.1. The summed E-state index contributed by atoms with van der Waals surface area (Å²) in [4.78, 5) is 16.9. The van der Waals surface area contributed by atoms with Gasteiger partial charge in [-0.1, -0.05) is 13.8 Å². The molecule has 0 spiro atoms. The number of ether oxygens (including phenoxy) is 2. The van der Waals surface area contributed by atoms with Crippen molar-refractivity contribution in [3.8, 4) is 11.5 Å². The number of nitrogens with two attached hydrogens (primary N) is 1. The average Bonchev–Trinajstić information content (AvgIpc) is 2.64. The smallest absolute Gasteiger partial charge is 0.245 e. The monoisotopic (exact) mass is 441 g/mol. The van der Waals surface area contributed by atoms with Gasteiger partial charge in [0.2, 0.25) is 5.91 Å². The third-order valence-corrected chi connectivity index (χ3v) is 5.53. The van der Waals surface area contributed by atoms with Gasteiger partial charge in [-0.15, -0.1) is 24.8 Å². The first-order valence-corrected chi connectivity index (χ1v) is 9.18. The Kier molecular flexibility index (Phi) is 8.47. The van der Waals surface area contributed by atoms with E-state index >= 15 is 0 Å². The van der Waals surface area contributed by atoms with E-state index in [1.807, 2.05) is 58.0 Å². The first kappa shape index (κ1) is 25.2. The van der Waals surface area contributed by atoms with E-state index in [4.69, 9.17) is 15.2 Å². The average molecular weight is 442 g/mol. The van der Waals surface area contributed by atoms with Crippen LogP contribution < -0.4 is 15.8 Å². The van der Waals surface area contributed by atoms with E-state index < -0.39 is 11.0 Å². The molecule has 2 aromatic rings. The van der Waals surface area contributed by atoms with Crippen LogP contribution >= 0.6 is 24.8 Å². The Labute approximate surface area is 184 Å². The highest BCUT2D eigenvalue weighted by Gasteiger charge is 2.62. The molecule has 3 rings (SSSR count). The summed E-state index contributed by atoms with van der Waals surface area (Å²) in [5.74, 6) is 1.18. The number of hydrogen-bond acceptors (Lipinski definition) is 5. The van der Waals surface area contributed by atoms with Gasteiger partial charge in [-0.3, -0.25) is 9.78 Å². The number of aryl methyl sites for hydroxylation is 1. The van der Waals surface area contributed by atoms with Crippen LogP contribution in [0.25, 0.3) is 0 Å². The lowest BCUT2D eigenvalue weighted by molar-refractivity contribution is -0.166. The molecule has 1 aromatic heterocycles. The predicted octanol–water partition coefficient (Wildman–Crippen LogP) is 4.50. The molecule has 1 aliphatic rings. The first-order chi connectivity index (χ1) is 12.8. The van der Waals surface area contributed by atoms with Crippen LogP contribution in [0.2, 0.25) is 0 Å². The van der Waals surface area contributed by atoms with Crippen molar-refractivity contribution in [1.29, 1.82) is 0 Å². The fourth-order valence-corrected chi connectivity index (χ4v) is 3.44. The number of benzene rings is 1. The summed E-state index contributed by atoms with van der Waals surface area (Å²) in [5, 5.41) is 2.95. The van der Waals surface area contributed by atoms with Crippen LogP contribution in [0.5, 0.6) is 11.5 Å². The number of aromatic nitrogens is 1. The van der Waals surface area contributed by atoms with Crippen molar-refractivity contribution in [3.63, 3.8) is 0 Å². The normalized spacial score (nSPS) is 21.8. The van der Waals surface area contributed by atoms with Gasteiger partial charge in [0.15, 0.2) is 0 Å². The second-order valence-electron chi connectivity index (χ2n) is 7.57. The van der Waals surface area contributed by atoms with Crippen LogP contribution in [-0.4, -0.2) is 29.1 Å². The van der Waals surface area contributed by atoms with E-state index in [-0.39, 0.29) is 36.8 Å². The number of pyridine rings is 1. The number of halogens is 2. The molecule has 8 heteroatoms. The van der Waals surface area contributed by atoms with E-state index in [1.165, 1.54) is 0 Å². The standard InChI is InChI=1S/C21H27N3O3.2ClH/c1-5-26-18-12-21(22,20(18,3)4)19(25)24-15-8-9-17(14(2)11-15)27-16-7-6-10-23-13-16;;/h6-11,13,18H,5,12,22H2,1-4H3,(H,24,25);2*1H. The zero-order valence-corrected chi connectivity index (χ0v) is 18.7. The lowest BCUT2D eigenvalue weighted by atomic mass is 9.54. The molecule has 1 aromatic carbocycles. The van der Waals surface area contributed by atoms with Crippen molar-refractivity contribution in [3.05, 3.63) is 48.3 Å². The number of rotatable bonds is 6. The molecular formula is C21H29Cl2N3O3. The van der Waals surface area contributed by atoms with E-state index in [0.717, 1.165) is 5.56 Å². The van der Waals surface area contributed by atoms with Gasteiger partial charge in [0, 0.05) is 30.3 Å². The Morgan fingerprint density at radius 1 is 1.31 bits per heavy atom. The number of anilines is 1. The van der Waals surface area contributed by atoms with Gasteiger partial charge >= 0.3 is 0 Å². The Balaban J connectivity index is 0.00000210. The summed E-state index contributed by atoms with van der Waals surface area (Å²) in [6.45, 7) is 8.45. The molecule has 29 heavy (non-hydrogen) atoms. The van der Waals surface area contributed by atoms with Crippen molar-refractivity contribution >= 4 is 36.4 Å². The fraction of sp³-hybridized carbons (Fsp3) is 0.429. The maximum atomic E-state index is 12.8. The van der Waals surface area contributed by atoms with E-state index in [0.29, 0.717) is 30.2 Å². The van der Waals surface area contributed by atoms with Gasteiger partial charge in [0.25, 0.3) is 0 Å². The number of hydrogen-bond donors (Lipinski definition) is 2. The Morgan fingerprint density at radius 3 is 2.59 bits per heavy atom. The van der Waals surface area contributed by atoms with Crippen molar-refractivity contribution in [2.45, 2.75) is 45.8 Å². The van der Waals surface area contributed by atoms with Crippen molar-refractivity contribution in [1.82, 2.24) is 4.98 Å². The van der Waals surface area contributed by atoms with Crippen molar-refractivity contribution in [2.24, 2.45) is 11.1 Å². The molecule has 2 atom stereocenters. The summed E-state index contributed by atoms with van der Waals surface area (Å²) < 4.78 is 11.5. The molecule has 1 aliphatic carbocycles. The topological polar surface area (TPSA) is 86.5 Å². The second-order valence-corrected chi connectivity index (χ2v) is 7.57. The lowest BCUT2D eigenvalue weighted by Crippen LogP contribution is -2.74. The predicted molar refractivity (Wildman–Crippen MR) is 119 cm³/mol. The zero-order chi connectivity index (χ0) is 19.7. The first-order valence-electron chi connectivity index (χ1n) is 9.18. The summed E-state index contributed by atoms with van der Waals surface area (Å²) in [5.41, 5.74) is 6.66. The van der Waals surface area contributed by atoms with Crippen molar-refractivity contribution < 1.29 is 14.3 Å². The molecule has 2 unspecified atom stereocenters. The molecule has 0 bridgehead atoms. The van der Waals surface area contributed by atoms with E-state index in [2.05, 4.69) is 10.3 Å². The minimum Gasteiger partial charge on any atom is -0.455 e. The SMILES string of the molecule is CCOC1CC(N)(C(=O)Nc2ccc(Oc3cccnc3)c(C)c2)C1(C)C.Cl.Cl. The van der Waals surface area contributed by atoms with Gasteiger partial charge in [0.05, 0.1) is 12.3 Å². The quantitative estimate of drug-likeness (QED) is 0.688. The molecule has 0 aliphatic heterocycles. The molecule has 1 heterocycles. The maximum Gasteiger partial charge on any atom is 0.245 e. The summed E-state index contributed by atoms with van der Waals surface area (Å²) in [6, 6.07) is 9.17. The second kappa shape index (κ2) is 9.76. The largest absolute Gasteiger partial charge is 0.455 e.